The van der Waals surface area contributed by atoms with Crippen molar-refractivity contribution in [2.45, 2.75) is 19.9 Å². The van der Waals surface area contributed by atoms with Gasteiger partial charge in [-0.2, -0.15) is 5.06 Å². The quantitative estimate of drug-likeness (QED) is 0.699. The summed E-state index contributed by atoms with van der Waals surface area (Å²) in [6.07, 6.45) is 0. The first-order chi connectivity index (χ1) is 7.11. The Balaban J connectivity index is 2.20. The van der Waals surface area contributed by atoms with E-state index in [-0.39, 0.29) is 11.9 Å². The molecule has 0 aromatic rings. The van der Waals surface area contributed by atoms with Gasteiger partial charge in [0, 0.05) is 32.2 Å². The third-order valence-corrected chi connectivity index (χ3v) is 2.41. The van der Waals surface area contributed by atoms with Gasteiger partial charge in [-0.3, -0.25) is 9.69 Å². The standard InChI is InChI=1S/C10H21N3O2/c1-9(2)11-10(14)8-12-4-6-13(15-3)7-5-12/h9H,4-8H2,1-3H3,(H,11,14). The zero-order valence-electron chi connectivity index (χ0n) is 9.82. The van der Waals surface area contributed by atoms with Crippen molar-refractivity contribution in [3.8, 4) is 0 Å². The Morgan fingerprint density at radius 3 is 2.40 bits per heavy atom. The Labute approximate surface area is 91.3 Å². The Morgan fingerprint density at radius 1 is 1.33 bits per heavy atom. The first kappa shape index (κ1) is 12.4. The molecule has 1 N–H and O–H groups in total. The lowest BCUT2D eigenvalue weighted by atomic mass is 10.3. The number of carbonyl (C=O) groups is 1. The number of carbonyl (C=O) groups excluding carboxylic acids is 1. The van der Waals surface area contributed by atoms with Crippen LogP contribution in [0.1, 0.15) is 13.8 Å². The van der Waals surface area contributed by atoms with Crippen LogP contribution in [-0.2, 0) is 9.63 Å². The maximum atomic E-state index is 11.5. The number of nitrogens with zero attached hydrogens (tertiary/aromatic N) is 2. The molecule has 15 heavy (non-hydrogen) atoms. The largest absolute Gasteiger partial charge is 0.353 e. The van der Waals surface area contributed by atoms with Gasteiger partial charge in [-0.25, -0.2) is 0 Å². The molecule has 1 aliphatic heterocycles. The zero-order valence-corrected chi connectivity index (χ0v) is 9.82. The number of nitrogens with one attached hydrogen (secondary N) is 1. The molecule has 1 aliphatic rings. The highest BCUT2D eigenvalue weighted by Crippen LogP contribution is 2.00. The highest BCUT2D eigenvalue weighted by molar-refractivity contribution is 5.78. The number of rotatable bonds is 4. The summed E-state index contributed by atoms with van der Waals surface area (Å²) in [5, 5.41) is 4.80. The van der Waals surface area contributed by atoms with Crippen molar-refractivity contribution < 1.29 is 9.63 Å². The number of hydrogen-bond donors (Lipinski definition) is 1. The van der Waals surface area contributed by atoms with Crippen molar-refractivity contribution in [2.75, 3.05) is 39.8 Å². The third kappa shape index (κ3) is 4.59. The highest BCUT2D eigenvalue weighted by Gasteiger charge is 2.18. The summed E-state index contributed by atoms with van der Waals surface area (Å²) in [4.78, 5) is 18.7. The summed E-state index contributed by atoms with van der Waals surface area (Å²) < 4.78 is 0. The third-order valence-electron chi connectivity index (χ3n) is 2.41. The molecule has 0 unspecified atom stereocenters. The van der Waals surface area contributed by atoms with Crippen molar-refractivity contribution in [3.63, 3.8) is 0 Å². The lowest BCUT2D eigenvalue weighted by Gasteiger charge is -2.32. The minimum atomic E-state index is 0.107. The van der Waals surface area contributed by atoms with Gasteiger partial charge in [0.05, 0.1) is 13.7 Å². The predicted octanol–water partition coefficient (Wildman–Crippen LogP) is -0.310. The Hall–Kier alpha value is -0.650. The van der Waals surface area contributed by atoms with Gasteiger partial charge < -0.3 is 10.2 Å². The highest BCUT2D eigenvalue weighted by atomic mass is 16.7. The van der Waals surface area contributed by atoms with E-state index in [1.54, 1.807) is 7.11 Å². The van der Waals surface area contributed by atoms with Crippen LogP contribution >= 0.6 is 0 Å². The molecule has 0 aromatic carbocycles. The second-order valence-electron chi connectivity index (χ2n) is 4.11. The van der Waals surface area contributed by atoms with Crippen LogP contribution in [0.15, 0.2) is 0 Å². The van der Waals surface area contributed by atoms with Crippen LogP contribution in [0.4, 0.5) is 0 Å². The van der Waals surface area contributed by atoms with Crippen LogP contribution in [0, 0.1) is 0 Å². The molecule has 5 heteroatoms. The van der Waals surface area contributed by atoms with E-state index >= 15 is 0 Å². The molecule has 1 rings (SSSR count). The molecule has 0 aromatic heterocycles. The molecule has 1 saturated heterocycles. The summed E-state index contributed by atoms with van der Waals surface area (Å²) in [6, 6.07) is 0.220. The van der Waals surface area contributed by atoms with E-state index in [2.05, 4.69) is 10.2 Å². The van der Waals surface area contributed by atoms with Crippen molar-refractivity contribution in [3.05, 3.63) is 0 Å². The fourth-order valence-corrected chi connectivity index (χ4v) is 1.64. The van der Waals surface area contributed by atoms with Crippen LogP contribution in [0.3, 0.4) is 0 Å². The van der Waals surface area contributed by atoms with E-state index < -0.39 is 0 Å². The lowest BCUT2D eigenvalue weighted by Crippen LogP contribution is -2.49. The van der Waals surface area contributed by atoms with Crippen molar-refractivity contribution in [1.82, 2.24) is 15.3 Å². The molecule has 0 spiro atoms. The monoisotopic (exact) mass is 215 g/mol. The van der Waals surface area contributed by atoms with E-state index in [1.165, 1.54) is 0 Å². The van der Waals surface area contributed by atoms with Crippen LogP contribution in [-0.4, -0.2) is 61.7 Å². The molecule has 0 aliphatic carbocycles. The molecule has 0 bridgehead atoms. The smallest absolute Gasteiger partial charge is 0.234 e. The van der Waals surface area contributed by atoms with Crippen molar-refractivity contribution in [2.24, 2.45) is 0 Å². The van der Waals surface area contributed by atoms with Crippen LogP contribution in [0.25, 0.3) is 0 Å². The SMILES string of the molecule is CON1CCN(CC(=O)NC(C)C)CC1. The molecule has 0 saturated carbocycles. The first-order valence-electron chi connectivity index (χ1n) is 5.42. The van der Waals surface area contributed by atoms with Crippen LogP contribution in [0.5, 0.6) is 0 Å². The Morgan fingerprint density at radius 2 is 1.93 bits per heavy atom. The minimum Gasteiger partial charge on any atom is -0.353 e. The number of piperazine rings is 1. The van der Waals surface area contributed by atoms with E-state index in [1.807, 2.05) is 18.9 Å². The lowest BCUT2D eigenvalue weighted by molar-refractivity contribution is -0.153. The summed E-state index contributed by atoms with van der Waals surface area (Å²) in [7, 11) is 1.68. The van der Waals surface area contributed by atoms with E-state index in [4.69, 9.17) is 4.84 Å². The van der Waals surface area contributed by atoms with Gasteiger partial charge in [0.25, 0.3) is 0 Å². The van der Waals surface area contributed by atoms with Gasteiger partial charge in [0.2, 0.25) is 5.91 Å². The normalized spacial score (nSPS) is 19.5. The summed E-state index contributed by atoms with van der Waals surface area (Å²) >= 11 is 0. The summed E-state index contributed by atoms with van der Waals surface area (Å²) in [5.74, 6) is 0.107. The van der Waals surface area contributed by atoms with Gasteiger partial charge in [-0.15, -0.1) is 0 Å². The van der Waals surface area contributed by atoms with Crippen molar-refractivity contribution >= 4 is 5.91 Å². The maximum Gasteiger partial charge on any atom is 0.234 e. The topological polar surface area (TPSA) is 44.8 Å². The molecular formula is C10H21N3O2. The van der Waals surface area contributed by atoms with Gasteiger partial charge in [-0.1, -0.05) is 0 Å². The summed E-state index contributed by atoms with van der Waals surface area (Å²) in [6.45, 7) is 7.95. The van der Waals surface area contributed by atoms with E-state index in [0.29, 0.717) is 6.54 Å². The molecular weight excluding hydrogens is 194 g/mol. The average molecular weight is 215 g/mol. The minimum absolute atomic E-state index is 0.107. The molecule has 0 atom stereocenters. The number of hydroxylamine groups is 2. The molecule has 5 nitrogen and oxygen atoms in total. The fraction of sp³-hybridized carbons (Fsp3) is 0.900. The van der Waals surface area contributed by atoms with Gasteiger partial charge >= 0.3 is 0 Å². The zero-order chi connectivity index (χ0) is 11.3. The van der Waals surface area contributed by atoms with Gasteiger partial charge in [-0.05, 0) is 13.8 Å². The molecule has 1 amide bonds. The average Bonchev–Trinajstić information content (AvgIpc) is 2.17. The predicted molar refractivity (Wildman–Crippen MR) is 58.3 cm³/mol. The molecule has 0 radical (unpaired) electrons. The number of amides is 1. The summed E-state index contributed by atoms with van der Waals surface area (Å²) in [5.41, 5.74) is 0. The second kappa shape index (κ2) is 6.05. The Bertz CT molecular complexity index is 201. The Kier molecular flexibility index (Phi) is 5.01. The van der Waals surface area contributed by atoms with Gasteiger partial charge in [0.15, 0.2) is 0 Å². The fourth-order valence-electron chi connectivity index (χ4n) is 1.64. The number of hydrogen-bond acceptors (Lipinski definition) is 4. The molecule has 1 heterocycles. The molecule has 1 fully saturated rings. The van der Waals surface area contributed by atoms with Crippen LogP contribution < -0.4 is 5.32 Å². The first-order valence-corrected chi connectivity index (χ1v) is 5.42. The van der Waals surface area contributed by atoms with E-state index in [0.717, 1.165) is 26.2 Å². The van der Waals surface area contributed by atoms with E-state index in [9.17, 15) is 4.79 Å². The van der Waals surface area contributed by atoms with Gasteiger partial charge in [0.1, 0.15) is 0 Å². The molecule has 88 valence electrons. The van der Waals surface area contributed by atoms with Crippen LogP contribution in [0.2, 0.25) is 0 Å². The maximum absolute atomic E-state index is 11.5. The van der Waals surface area contributed by atoms with Crippen molar-refractivity contribution in [1.29, 1.82) is 0 Å². The second-order valence-corrected chi connectivity index (χ2v) is 4.11.